The Morgan fingerprint density at radius 3 is 2.71 bits per heavy atom. The van der Waals surface area contributed by atoms with Crippen molar-refractivity contribution >= 4 is 10.8 Å². The molecule has 2 atom stereocenters. The molecule has 6 heteroatoms. The van der Waals surface area contributed by atoms with Crippen LogP contribution in [0.25, 0.3) is 0 Å². The van der Waals surface area contributed by atoms with E-state index in [1.807, 2.05) is 6.92 Å². The molecule has 0 aliphatic carbocycles. The summed E-state index contributed by atoms with van der Waals surface area (Å²) in [6.07, 6.45) is 1.83. The standard InChI is InChI=1S/C15H25N3O2S/c1-5-15(6-2)10-18(7-8-21(15)20)12(4)14-16-11(3)9-13(19)17-14/h9,12H,5-8,10H2,1-4H3,(H,16,17,19)/t12-,21+/m0/s1. The summed E-state index contributed by atoms with van der Waals surface area (Å²) in [4.78, 5) is 21.2. The Hall–Kier alpha value is -1.01. The summed E-state index contributed by atoms with van der Waals surface area (Å²) in [7, 11) is -0.773. The Morgan fingerprint density at radius 2 is 2.14 bits per heavy atom. The van der Waals surface area contributed by atoms with Gasteiger partial charge in [0.2, 0.25) is 0 Å². The number of rotatable bonds is 4. The number of aromatic amines is 1. The van der Waals surface area contributed by atoms with E-state index >= 15 is 0 Å². The van der Waals surface area contributed by atoms with Crippen molar-refractivity contribution < 1.29 is 4.21 Å². The summed E-state index contributed by atoms with van der Waals surface area (Å²) in [5.74, 6) is 1.40. The minimum absolute atomic E-state index is 0.0346. The number of H-pyrrole nitrogens is 1. The number of nitrogens with one attached hydrogen (secondary N) is 1. The van der Waals surface area contributed by atoms with E-state index in [-0.39, 0.29) is 16.3 Å². The van der Waals surface area contributed by atoms with Crippen LogP contribution in [0.2, 0.25) is 0 Å². The van der Waals surface area contributed by atoms with Crippen LogP contribution in [0.15, 0.2) is 10.9 Å². The van der Waals surface area contributed by atoms with Gasteiger partial charge in [-0.15, -0.1) is 0 Å². The molecule has 1 aromatic rings. The average Bonchev–Trinajstić information content (AvgIpc) is 2.46. The summed E-state index contributed by atoms with van der Waals surface area (Å²) in [6, 6.07) is 1.54. The first-order chi connectivity index (χ1) is 9.91. The Balaban J connectivity index is 2.25. The normalized spacial score (nSPS) is 23.9. The minimum Gasteiger partial charge on any atom is -0.309 e. The lowest BCUT2D eigenvalue weighted by Gasteiger charge is -2.43. The molecule has 0 unspecified atom stereocenters. The Bertz CT molecular complexity index is 581. The molecule has 21 heavy (non-hydrogen) atoms. The third kappa shape index (κ3) is 3.26. The Morgan fingerprint density at radius 1 is 1.48 bits per heavy atom. The molecule has 1 N–H and O–H groups in total. The Labute approximate surface area is 128 Å². The monoisotopic (exact) mass is 311 g/mol. The summed E-state index contributed by atoms with van der Waals surface area (Å²) < 4.78 is 12.3. The van der Waals surface area contributed by atoms with Crippen LogP contribution in [0.1, 0.15) is 51.2 Å². The number of hydrogen-bond acceptors (Lipinski definition) is 4. The zero-order valence-corrected chi connectivity index (χ0v) is 14.1. The van der Waals surface area contributed by atoms with Crippen molar-refractivity contribution in [3.8, 4) is 0 Å². The molecule has 1 aliphatic heterocycles. The van der Waals surface area contributed by atoms with Crippen LogP contribution in [0, 0.1) is 6.92 Å². The van der Waals surface area contributed by atoms with Gasteiger partial charge >= 0.3 is 0 Å². The molecule has 0 amide bonds. The molecule has 1 aliphatic rings. The number of aryl methyl sites for hydroxylation is 1. The van der Waals surface area contributed by atoms with E-state index in [4.69, 9.17) is 0 Å². The largest absolute Gasteiger partial charge is 0.309 e. The molecule has 1 saturated heterocycles. The summed E-state index contributed by atoms with van der Waals surface area (Å²) in [6.45, 7) is 9.70. The highest BCUT2D eigenvalue weighted by molar-refractivity contribution is 7.86. The van der Waals surface area contributed by atoms with E-state index in [0.717, 1.165) is 31.6 Å². The minimum atomic E-state index is -0.773. The molecule has 1 aromatic heterocycles. The zero-order valence-electron chi connectivity index (χ0n) is 13.3. The fourth-order valence-corrected chi connectivity index (χ4v) is 4.82. The molecule has 0 saturated carbocycles. The first-order valence-electron chi connectivity index (χ1n) is 7.62. The number of nitrogens with zero attached hydrogens (tertiary/aromatic N) is 2. The van der Waals surface area contributed by atoms with Crippen molar-refractivity contribution in [3.63, 3.8) is 0 Å². The predicted molar refractivity (Wildman–Crippen MR) is 85.9 cm³/mol. The zero-order chi connectivity index (χ0) is 15.6. The highest BCUT2D eigenvalue weighted by Gasteiger charge is 2.40. The van der Waals surface area contributed by atoms with Gasteiger partial charge < -0.3 is 4.98 Å². The second-order valence-corrected chi connectivity index (χ2v) is 7.82. The van der Waals surface area contributed by atoms with Crippen LogP contribution in [0.4, 0.5) is 0 Å². The lowest BCUT2D eigenvalue weighted by Crippen LogP contribution is -2.53. The molecular weight excluding hydrogens is 286 g/mol. The van der Waals surface area contributed by atoms with Gasteiger partial charge in [-0.05, 0) is 26.7 Å². The third-order valence-corrected chi connectivity index (χ3v) is 6.88. The second kappa shape index (κ2) is 6.40. The first kappa shape index (κ1) is 16.4. The quantitative estimate of drug-likeness (QED) is 0.920. The van der Waals surface area contributed by atoms with E-state index in [1.165, 1.54) is 6.07 Å². The van der Waals surface area contributed by atoms with Crippen LogP contribution < -0.4 is 5.56 Å². The smallest absolute Gasteiger partial charge is 0.251 e. The molecule has 0 spiro atoms. The van der Waals surface area contributed by atoms with Gasteiger partial charge in [0.15, 0.2) is 0 Å². The molecular formula is C15H25N3O2S. The summed E-state index contributed by atoms with van der Waals surface area (Å²) in [5, 5.41) is 0. The highest BCUT2D eigenvalue weighted by Crippen LogP contribution is 2.32. The van der Waals surface area contributed by atoms with Crippen molar-refractivity contribution in [3.05, 3.63) is 27.9 Å². The summed E-state index contributed by atoms with van der Waals surface area (Å²) >= 11 is 0. The maximum Gasteiger partial charge on any atom is 0.251 e. The van der Waals surface area contributed by atoms with Gasteiger partial charge in [-0.3, -0.25) is 13.9 Å². The lowest BCUT2D eigenvalue weighted by atomic mass is 10.00. The van der Waals surface area contributed by atoms with Crippen molar-refractivity contribution in [2.45, 2.75) is 51.3 Å². The molecule has 2 rings (SSSR count). The van der Waals surface area contributed by atoms with Crippen LogP contribution >= 0.6 is 0 Å². The van der Waals surface area contributed by atoms with Crippen LogP contribution in [0.3, 0.4) is 0 Å². The van der Waals surface area contributed by atoms with Gasteiger partial charge in [0.25, 0.3) is 5.56 Å². The van der Waals surface area contributed by atoms with E-state index in [2.05, 4.69) is 35.6 Å². The van der Waals surface area contributed by atoms with Gasteiger partial charge in [-0.25, -0.2) is 4.98 Å². The maximum atomic E-state index is 12.4. The maximum absolute atomic E-state index is 12.4. The van der Waals surface area contributed by atoms with E-state index in [9.17, 15) is 9.00 Å². The van der Waals surface area contributed by atoms with E-state index in [0.29, 0.717) is 11.6 Å². The average molecular weight is 311 g/mol. The van der Waals surface area contributed by atoms with Crippen molar-refractivity contribution in [1.82, 2.24) is 14.9 Å². The van der Waals surface area contributed by atoms with Gasteiger partial charge in [0.1, 0.15) is 5.82 Å². The molecule has 0 bridgehead atoms. The van der Waals surface area contributed by atoms with Crippen LogP contribution in [-0.2, 0) is 10.8 Å². The number of aromatic nitrogens is 2. The van der Waals surface area contributed by atoms with E-state index < -0.39 is 10.8 Å². The van der Waals surface area contributed by atoms with Crippen LogP contribution in [-0.4, -0.2) is 42.7 Å². The van der Waals surface area contributed by atoms with Crippen LogP contribution in [0.5, 0.6) is 0 Å². The first-order valence-corrected chi connectivity index (χ1v) is 8.94. The second-order valence-electron chi connectivity index (χ2n) is 5.86. The molecule has 1 fully saturated rings. The molecule has 5 nitrogen and oxygen atoms in total. The summed E-state index contributed by atoms with van der Waals surface area (Å²) in [5.41, 5.74) is 0.626. The van der Waals surface area contributed by atoms with Gasteiger partial charge in [-0.1, -0.05) is 13.8 Å². The molecule has 0 radical (unpaired) electrons. The predicted octanol–water partition coefficient (Wildman–Crippen LogP) is 1.76. The SMILES string of the molecule is CCC1(CC)CN([C@@H](C)c2nc(C)cc(=O)[nH]2)CC[S@]1=O. The lowest BCUT2D eigenvalue weighted by molar-refractivity contribution is 0.176. The van der Waals surface area contributed by atoms with Crippen molar-refractivity contribution in [2.24, 2.45) is 0 Å². The van der Waals surface area contributed by atoms with Gasteiger partial charge in [0, 0.05) is 41.4 Å². The fraction of sp³-hybridized carbons (Fsp3) is 0.733. The third-order valence-electron chi connectivity index (χ3n) is 4.66. The van der Waals surface area contributed by atoms with E-state index in [1.54, 1.807) is 0 Å². The fourth-order valence-electron chi connectivity index (χ4n) is 3.04. The Kier molecular flexibility index (Phi) is 4.99. The highest BCUT2D eigenvalue weighted by atomic mass is 32.2. The molecule has 0 aromatic carbocycles. The molecule has 118 valence electrons. The molecule has 2 heterocycles. The van der Waals surface area contributed by atoms with Crippen molar-refractivity contribution in [1.29, 1.82) is 0 Å². The van der Waals surface area contributed by atoms with Crippen molar-refractivity contribution in [2.75, 3.05) is 18.8 Å². The van der Waals surface area contributed by atoms with Gasteiger partial charge in [-0.2, -0.15) is 0 Å². The topological polar surface area (TPSA) is 66.1 Å². The van der Waals surface area contributed by atoms with Gasteiger partial charge in [0.05, 0.1) is 10.8 Å². The number of hydrogen-bond donors (Lipinski definition) is 1.